The highest BCUT2D eigenvalue weighted by atomic mass is 16.1. The van der Waals surface area contributed by atoms with Crippen LogP contribution in [0.3, 0.4) is 0 Å². The van der Waals surface area contributed by atoms with E-state index in [1.54, 1.807) is 43.3 Å². The standard InChI is InChI=1S/4C19H30O.2C18H28O/c2*1-14-8-10-15(11-9-14)12-16(13-18(2,3)4)17(20)19(5,6)7;2*1-14-9-8-10-15(11-14)12-16(13-18(2,3)4)17(20)19(5,6)7;2*1-17(2,3)13-15(16(19)18(4,5)6)12-14-10-8-7-9-11-14/h4*8-11,16H,12-13H2,1-7H3;2*7-11,15H,12-13H2,1-6H3/t4*16-;2*15-/m111111/s1/i8D,9D;8D;10D;8D;10D,11D;10D. The molecule has 0 aliphatic carbocycles. The van der Waals surface area contributed by atoms with Gasteiger partial charge >= 0.3 is 0 Å². The summed E-state index contributed by atoms with van der Waals surface area (Å²) in [5, 5.41) is 0. The smallest absolute Gasteiger partial charge is 0.141 e. The van der Waals surface area contributed by atoms with E-state index in [0.29, 0.717) is 108 Å². The van der Waals surface area contributed by atoms with Gasteiger partial charge in [-0.25, -0.2) is 0 Å². The Labute approximate surface area is 738 Å². The van der Waals surface area contributed by atoms with Crippen molar-refractivity contribution in [2.45, 2.75) is 354 Å². The van der Waals surface area contributed by atoms with Crippen LogP contribution >= 0.6 is 0 Å². The molecule has 0 aliphatic heterocycles. The first-order valence-corrected chi connectivity index (χ1v) is 44.0. The molecule has 6 nitrogen and oxygen atoms in total. The minimum Gasteiger partial charge on any atom is -0.299 e. The zero-order valence-corrected chi connectivity index (χ0v) is 82.8. The second-order valence-corrected chi connectivity index (χ2v) is 47.8. The quantitative estimate of drug-likeness (QED) is 0.0598. The molecule has 0 spiro atoms. The van der Waals surface area contributed by atoms with Crippen molar-refractivity contribution in [2.75, 3.05) is 0 Å². The third-order valence-corrected chi connectivity index (χ3v) is 20.1. The van der Waals surface area contributed by atoms with E-state index >= 15 is 0 Å². The van der Waals surface area contributed by atoms with Crippen molar-refractivity contribution in [3.05, 3.63) is 213 Å². The van der Waals surface area contributed by atoms with Crippen molar-refractivity contribution in [1.82, 2.24) is 0 Å². The molecule has 0 saturated heterocycles. The van der Waals surface area contributed by atoms with E-state index in [0.717, 1.165) is 95.9 Å². The fourth-order valence-electron chi connectivity index (χ4n) is 15.1. The van der Waals surface area contributed by atoms with Crippen molar-refractivity contribution in [2.24, 2.45) is 100 Å². The Hall–Kier alpha value is -6.66. The largest absolute Gasteiger partial charge is 0.299 e. The topological polar surface area (TPSA) is 102 Å². The summed E-state index contributed by atoms with van der Waals surface area (Å²) in [6.07, 6.45) is 9.00. The third-order valence-electron chi connectivity index (χ3n) is 20.1. The molecule has 0 amide bonds. The van der Waals surface area contributed by atoms with E-state index in [9.17, 15) is 28.8 Å². The van der Waals surface area contributed by atoms with Gasteiger partial charge in [-0.05, 0) is 171 Å². The maximum Gasteiger partial charge on any atom is 0.141 e. The highest BCUT2D eigenvalue weighted by Crippen LogP contribution is 2.39. The lowest BCUT2D eigenvalue weighted by atomic mass is 9.73. The van der Waals surface area contributed by atoms with Gasteiger partial charge in [0.2, 0.25) is 0 Å². The molecule has 0 fully saturated rings. The molecular weight excluding hydrogens is 1440 g/mol. The summed E-state index contributed by atoms with van der Waals surface area (Å²) in [5.74, 6) is 1.54. The first-order chi connectivity index (χ1) is 56.4. The van der Waals surface area contributed by atoms with Gasteiger partial charge in [-0.2, -0.15) is 0 Å². The molecule has 0 aliphatic rings. The Morgan fingerprint density at radius 3 is 0.763 bits per heavy atom. The highest BCUT2D eigenvalue weighted by molar-refractivity contribution is 5.89. The number of rotatable bonds is 24. The predicted molar refractivity (Wildman–Crippen MR) is 512 cm³/mol. The molecule has 0 radical (unpaired) electrons. The van der Waals surface area contributed by atoms with Crippen LogP contribution < -0.4 is 0 Å². The molecule has 0 unspecified atom stereocenters. The summed E-state index contributed by atoms with van der Waals surface area (Å²) < 4.78 is 63.7. The molecule has 6 atom stereocenters. The molecular formula is C112H176O6. The second kappa shape index (κ2) is 46.0. The maximum absolute atomic E-state index is 12.8. The van der Waals surface area contributed by atoms with E-state index in [-0.39, 0.29) is 107 Å². The summed E-state index contributed by atoms with van der Waals surface area (Å²) in [6.45, 7) is 82.4. The number of aryl methyl sites for hydroxylation is 3. The fraction of sp³-hybridized carbons (Fsp3) is 0.625. The Bertz CT molecular complexity index is 4450. The van der Waals surface area contributed by atoms with Crippen molar-refractivity contribution in [3.8, 4) is 0 Å². The van der Waals surface area contributed by atoms with Crippen molar-refractivity contribution in [3.63, 3.8) is 0 Å². The van der Waals surface area contributed by atoms with Crippen LogP contribution in [0.15, 0.2) is 158 Å². The second-order valence-electron chi connectivity index (χ2n) is 47.8. The Kier molecular flexibility index (Phi) is 37.1. The van der Waals surface area contributed by atoms with Crippen LogP contribution in [0.4, 0.5) is 0 Å². The average molecular weight is 1630 g/mol. The van der Waals surface area contributed by atoms with Crippen LogP contribution in [0, 0.1) is 128 Å². The molecule has 6 aromatic carbocycles. The predicted octanol–water partition coefficient (Wildman–Crippen LogP) is 30.6. The number of Topliss-reactive ketones (excluding diaryl/α,β-unsaturated/α-hetero) is 6. The monoisotopic (exact) mass is 1630 g/mol. The number of carbonyl (C=O) groups excluding carboxylic acids is 6. The Morgan fingerprint density at radius 1 is 0.220 bits per heavy atom. The van der Waals surface area contributed by atoms with Crippen molar-refractivity contribution < 1.29 is 39.7 Å². The molecule has 0 N–H and O–H groups in total. The van der Waals surface area contributed by atoms with Gasteiger partial charge in [0.1, 0.15) is 34.7 Å². The molecule has 660 valence electrons. The van der Waals surface area contributed by atoms with Gasteiger partial charge in [0.05, 0.1) is 11.0 Å². The molecule has 6 rings (SSSR count). The molecule has 0 aromatic heterocycles. The number of hydrogen-bond acceptors (Lipinski definition) is 6. The van der Waals surface area contributed by atoms with E-state index in [4.69, 9.17) is 11.0 Å². The van der Waals surface area contributed by atoms with Crippen LogP contribution in [-0.4, -0.2) is 34.7 Å². The van der Waals surface area contributed by atoms with Crippen LogP contribution in [0.1, 0.15) is 354 Å². The first kappa shape index (κ1) is 95.2. The van der Waals surface area contributed by atoms with Gasteiger partial charge in [-0.3, -0.25) is 28.8 Å². The van der Waals surface area contributed by atoms with Gasteiger partial charge in [-0.15, -0.1) is 0 Å². The van der Waals surface area contributed by atoms with Gasteiger partial charge in [0, 0.05) is 68.0 Å². The zero-order valence-electron chi connectivity index (χ0n) is 90.8. The third kappa shape index (κ3) is 48.1. The summed E-state index contributed by atoms with van der Waals surface area (Å²) in [6, 6.07) is 37.6. The van der Waals surface area contributed by atoms with Crippen molar-refractivity contribution in [1.29, 1.82) is 0 Å². The Balaban J connectivity index is 0.000000756. The lowest BCUT2D eigenvalue weighted by Crippen LogP contribution is -2.32. The number of ketones is 6. The molecule has 6 aromatic rings. The SMILES string of the molecule is [2H]c1cc(C)cc(C[C@H](CC(C)(C)C)C(=O)C(C)(C)C)c1.[2H]c1cc(C[C@H](CC(C)(C)C)C(=O)C(C)(C)C)cc([2H])c1C.[2H]c1cc(C[C@H](CC(C)(C)C)C(=O)C(C)(C)C)ccc1C.[2H]c1ccc(C)cc1C[C@H](CC(C)(C)C)C(=O)C(C)(C)C.[2H]c1cccc([2H])c1C[C@H](CC(C)(C)C)C(=O)C(C)(C)C.[2H]c1ccccc1C[C@H](CC(C)(C)C)C(=O)C(C)(C)C. The van der Waals surface area contributed by atoms with E-state index in [1.165, 1.54) is 0 Å². The number of benzene rings is 6. The average Bonchev–Trinajstić information content (AvgIpc) is 0.832. The minimum atomic E-state index is -0.394. The summed E-state index contributed by atoms with van der Waals surface area (Å²) in [7, 11) is 0. The normalized spacial score (nSPS) is 15.1. The van der Waals surface area contributed by atoms with Crippen LogP contribution in [0.5, 0.6) is 0 Å². The number of carbonyl (C=O) groups is 6. The maximum atomic E-state index is 12.8. The van der Waals surface area contributed by atoms with Crippen LogP contribution in [0.25, 0.3) is 0 Å². The molecule has 0 saturated carbocycles. The zero-order chi connectivity index (χ0) is 98.5. The fourth-order valence-corrected chi connectivity index (χ4v) is 15.1. The lowest BCUT2D eigenvalue weighted by Gasteiger charge is -2.30. The molecule has 118 heavy (non-hydrogen) atoms. The van der Waals surface area contributed by atoms with Gasteiger partial charge < -0.3 is 0 Å². The molecule has 0 heterocycles. The van der Waals surface area contributed by atoms with Gasteiger partial charge in [0.15, 0.2) is 0 Å². The lowest BCUT2D eigenvalue weighted by molar-refractivity contribution is -0.132. The van der Waals surface area contributed by atoms with E-state index in [1.807, 2.05) is 206 Å². The van der Waals surface area contributed by atoms with Gasteiger partial charge in [-0.1, -0.05) is 429 Å². The van der Waals surface area contributed by atoms with Crippen molar-refractivity contribution >= 4 is 34.7 Å². The highest BCUT2D eigenvalue weighted by Gasteiger charge is 2.39. The van der Waals surface area contributed by atoms with Crippen LogP contribution in [0.2, 0.25) is 0 Å². The van der Waals surface area contributed by atoms with E-state index in [2.05, 4.69) is 137 Å². The van der Waals surface area contributed by atoms with Gasteiger partial charge in [0.25, 0.3) is 0 Å². The summed E-state index contributed by atoms with van der Waals surface area (Å²) >= 11 is 0. The Morgan fingerprint density at radius 2 is 0.466 bits per heavy atom. The summed E-state index contributed by atoms with van der Waals surface area (Å²) in [5.41, 5.74) is 8.22. The minimum absolute atomic E-state index is 0.0125. The summed E-state index contributed by atoms with van der Waals surface area (Å²) in [4.78, 5) is 76.5. The van der Waals surface area contributed by atoms with E-state index < -0.39 is 5.41 Å². The molecule has 6 heteroatoms. The number of hydrogen-bond donors (Lipinski definition) is 0. The van der Waals surface area contributed by atoms with Crippen LogP contribution in [-0.2, 0) is 67.3 Å². The first-order valence-electron chi connectivity index (χ1n) is 48.0. The molecule has 0 bridgehead atoms.